The molecule has 1 saturated carbocycles. The zero-order valence-corrected chi connectivity index (χ0v) is 12.1. The summed E-state index contributed by atoms with van der Waals surface area (Å²) in [4.78, 5) is 4.44. The van der Waals surface area contributed by atoms with Gasteiger partial charge in [-0.05, 0) is 31.6 Å². The van der Waals surface area contributed by atoms with Crippen LogP contribution in [-0.4, -0.2) is 63.4 Å². The van der Waals surface area contributed by atoms with Gasteiger partial charge in [0.2, 0.25) is 0 Å². The second kappa shape index (κ2) is 6.19. The first-order valence-electron chi connectivity index (χ1n) is 7.30. The van der Waals surface area contributed by atoms with E-state index in [1.807, 2.05) is 0 Å². The first-order chi connectivity index (χ1) is 9.69. The van der Waals surface area contributed by atoms with Gasteiger partial charge in [0.15, 0.2) is 5.17 Å². The molecule has 5 atom stereocenters. The predicted octanol–water partition coefficient (Wildman–Crippen LogP) is -0.323. The number of rotatable bonds is 5. The van der Waals surface area contributed by atoms with Crippen LogP contribution in [-0.2, 0) is 4.74 Å². The molecular formula is C13H22N2O4S. The van der Waals surface area contributed by atoms with Crippen LogP contribution in [0.5, 0.6) is 0 Å². The monoisotopic (exact) mass is 302 g/mol. The number of nitrogens with zero attached hydrogens (tertiary/aromatic N) is 1. The summed E-state index contributed by atoms with van der Waals surface area (Å²) in [6.45, 7) is 0.993. The highest BCUT2D eigenvalue weighted by Crippen LogP contribution is 2.37. The average molecular weight is 302 g/mol. The topological polar surface area (TPSA) is 94.3 Å². The van der Waals surface area contributed by atoms with Crippen molar-refractivity contribution in [2.24, 2.45) is 10.9 Å². The Morgan fingerprint density at radius 1 is 1.30 bits per heavy atom. The summed E-state index contributed by atoms with van der Waals surface area (Å²) in [7, 11) is 0. The summed E-state index contributed by atoms with van der Waals surface area (Å²) in [5.74, 6) is 0.759. The lowest BCUT2D eigenvalue weighted by atomic mass is 9.95. The van der Waals surface area contributed by atoms with Crippen LogP contribution in [0, 0.1) is 5.92 Å². The second-order valence-corrected chi connectivity index (χ2v) is 6.84. The van der Waals surface area contributed by atoms with Gasteiger partial charge in [0.25, 0.3) is 0 Å². The molecular weight excluding hydrogens is 280 g/mol. The number of ether oxygens (including phenoxy) is 1. The van der Waals surface area contributed by atoms with E-state index in [-0.39, 0.29) is 12.0 Å². The number of amidine groups is 1. The van der Waals surface area contributed by atoms with Crippen molar-refractivity contribution in [1.82, 2.24) is 5.32 Å². The van der Waals surface area contributed by atoms with Gasteiger partial charge in [-0.25, -0.2) is 0 Å². The van der Waals surface area contributed by atoms with E-state index in [0.29, 0.717) is 12.8 Å². The molecule has 0 spiro atoms. The van der Waals surface area contributed by atoms with Crippen molar-refractivity contribution in [3.63, 3.8) is 0 Å². The van der Waals surface area contributed by atoms with Crippen molar-refractivity contribution >= 4 is 16.9 Å². The number of aliphatic hydroxyl groups is 3. The van der Waals surface area contributed by atoms with E-state index in [9.17, 15) is 10.2 Å². The molecule has 2 aliphatic heterocycles. The maximum Gasteiger partial charge on any atom is 0.159 e. The van der Waals surface area contributed by atoms with Crippen LogP contribution in [0.1, 0.15) is 25.7 Å². The summed E-state index contributed by atoms with van der Waals surface area (Å²) in [5, 5.41) is 33.2. The Hall–Kier alpha value is -0.340. The Bertz CT molecular complexity index is 377. The van der Waals surface area contributed by atoms with E-state index in [4.69, 9.17) is 9.84 Å². The third kappa shape index (κ3) is 3.12. The summed E-state index contributed by atoms with van der Waals surface area (Å²) >= 11 is 1.49. The SMILES string of the molecule is OCCCC1O[C@H]2SC(NCC3CC3)=N[C@@H]2C(O)C1O. The summed E-state index contributed by atoms with van der Waals surface area (Å²) in [5.41, 5.74) is -0.237. The molecule has 2 fully saturated rings. The normalized spacial score (nSPS) is 40.4. The van der Waals surface area contributed by atoms with E-state index in [2.05, 4.69) is 10.3 Å². The summed E-state index contributed by atoms with van der Waals surface area (Å²) in [6.07, 6.45) is 1.40. The van der Waals surface area contributed by atoms with Crippen LogP contribution in [0.25, 0.3) is 0 Å². The third-order valence-corrected chi connectivity index (χ3v) is 5.14. The Morgan fingerprint density at radius 2 is 2.10 bits per heavy atom. The van der Waals surface area contributed by atoms with Gasteiger partial charge in [-0.2, -0.15) is 0 Å². The molecule has 2 heterocycles. The maximum atomic E-state index is 10.2. The maximum absolute atomic E-state index is 10.2. The van der Waals surface area contributed by atoms with Gasteiger partial charge in [-0.1, -0.05) is 11.8 Å². The molecule has 3 unspecified atom stereocenters. The molecule has 0 radical (unpaired) electrons. The minimum Gasteiger partial charge on any atom is -0.396 e. The van der Waals surface area contributed by atoms with Crippen LogP contribution in [0.15, 0.2) is 4.99 Å². The number of hydrogen-bond donors (Lipinski definition) is 4. The van der Waals surface area contributed by atoms with Crippen molar-refractivity contribution in [1.29, 1.82) is 0 Å². The Balaban J connectivity index is 1.57. The molecule has 20 heavy (non-hydrogen) atoms. The van der Waals surface area contributed by atoms with E-state index in [1.165, 1.54) is 24.6 Å². The molecule has 0 aromatic rings. The minimum absolute atomic E-state index is 0.0641. The highest BCUT2D eigenvalue weighted by atomic mass is 32.2. The standard InChI is InChI=1S/C13H22N2O4S/c16-5-1-2-8-10(17)11(18)9-12(19-8)20-13(15-9)14-6-7-3-4-7/h7-12,16-18H,1-6H2,(H,14,15)/t8?,9-,10?,11?,12+/m1/s1. The smallest absolute Gasteiger partial charge is 0.159 e. The van der Waals surface area contributed by atoms with Crippen molar-refractivity contribution < 1.29 is 20.1 Å². The second-order valence-electron chi connectivity index (χ2n) is 5.76. The van der Waals surface area contributed by atoms with Crippen LogP contribution in [0.3, 0.4) is 0 Å². The molecule has 0 aromatic heterocycles. The van der Waals surface area contributed by atoms with Gasteiger partial charge in [0.05, 0.1) is 6.10 Å². The first kappa shape index (κ1) is 14.6. The van der Waals surface area contributed by atoms with Gasteiger partial charge in [-0.15, -0.1) is 0 Å². The van der Waals surface area contributed by atoms with Crippen LogP contribution < -0.4 is 5.32 Å². The molecule has 6 nitrogen and oxygen atoms in total. The Morgan fingerprint density at radius 3 is 2.80 bits per heavy atom. The lowest BCUT2D eigenvalue weighted by molar-refractivity contribution is -0.155. The molecule has 3 rings (SSSR count). The highest BCUT2D eigenvalue weighted by Gasteiger charge is 2.47. The lowest BCUT2D eigenvalue weighted by Crippen LogP contribution is -2.54. The fourth-order valence-corrected chi connectivity index (χ4v) is 3.73. The van der Waals surface area contributed by atoms with Gasteiger partial charge < -0.3 is 25.4 Å². The highest BCUT2D eigenvalue weighted by molar-refractivity contribution is 8.14. The quantitative estimate of drug-likeness (QED) is 0.556. The molecule has 4 N–H and O–H groups in total. The molecule has 0 amide bonds. The summed E-state index contributed by atoms with van der Waals surface area (Å²) < 4.78 is 5.84. The molecule has 114 valence electrons. The van der Waals surface area contributed by atoms with Crippen molar-refractivity contribution in [3.8, 4) is 0 Å². The average Bonchev–Trinajstić information content (AvgIpc) is 3.18. The number of fused-ring (bicyclic) bond motifs is 1. The predicted molar refractivity (Wildman–Crippen MR) is 76.5 cm³/mol. The number of hydrogen-bond acceptors (Lipinski definition) is 7. The Kier molecular flexibility index (Phi) is 4.52. The Labute approximate surface area is 122 Å². The molecule has 0 bridgehead atoms. The third-order valence-electron chi connectivity index (χ3n) is 4.05. The fraction of sp³-hybridized carbons (Fsp3) is 0.923. The van der Waals surface area contributed by atoms with Crippen molar-refractivity contribution in [2.45, 2.75) is 55.5 Å². The van der Waals surface area contributed by atoms with Gasteiger partial charge in [0.1, 0.15) is 23.7 Å². The first-order valence-corrected chi connectivity index (χ1v) is 8.18. The molecule has 7 heteroatoms. The fourth-order valence-electron chi connectivity index (χ4n) is 2.60. The number of aliphatic hydroxyl groups excluding tert-OH is 3. The van der Waals surface area contributed by atoms with Crippen LogP contribution >= 0.6 is 11.8 Å². The zero-order valence-electron chi connectivity index (χ0n) is 11.3. The summed E-state index contributed by atoms with van der Waals surface area (Å²) in [6, 6.07) is -0.401. The number of thioether (sulfide) groups is 1. The van der Waals surface area contributed by atoms with Crippen LogP contribution in [0.2, 0.25) is 0 Å². The van der Waals surface area contributed by atoms with E-state index in [0.717, 1.165) is 17.6 Å². The zero-order chi connectivity index (χ0) is 14.1. The number of nitrogens with one attached hydrogen (secondary N) is 1. The van der Waals surface area contributed by atoms with Gasteiger partial charge >= 0.3 is 0 Å². The molecule has 0 aromatic carbocycles. The van der Waals surface area contributed by atoms with Gasteiger partial charge in [0, 0.05) is 13.2 Å². The number of aliphatic imine (C=N–C) groups is 1. The minimum atomic E-state index is -0.935. The molecule has 1 aliphatic carbocycles. The molecule has 1 saturated heterocycles. The molecule has 3 aliphatic rings. The van der Waals surface area contributed by atoms with E-state index >= 15 is 0 Å². The van der Waals surface area contributed by atoms with E-state index < -0.39 is 24.4 Å². The largest absolute Gasteiger partial charge is 0.396 e. The van der Waals surface area contributed by atoms with Crippen molar-refractivity contribution in [3.05, 3.63) is 0 Å². The van der Waals surface area contributed by atoms with E-state index in [1.54, 1.807) is 0 Å². The van der Waals surface area contributed by atoms with Crippen molar-refractivity contribution in [2.75, 3.05) is 13.2 Å². The van der Waals surface area contributed by atoms with Gasteiger partial charge in [-0.3, -0.25) is 4.99 Å². The van der Waals surface area contributed by atoms with Crippen LogP contribution in [0.4, 0.5) is 0 Å². The lowest BCUT2D eigenvalue weighted by Gasteiger charge is -2.38.